The molecule has 4 rings (SSSR count). The van der Waals surface area contributed by atoms with Gasteiger partial charge in [-0.15, -0.1) is 0 Å². The van der Waals surface area contributed by atoms with Crippen molar-refractivity contribution in [3.63, 3.8) is 0 Å². The summed E-state index contributed by atoms with van der Waals surface area (Å²) >= 11 is 0. The molecule has 0 fully saturated rings. The number of aryl methyl sites for hydroxylation is 1. The lowest BCUT2D eigenvalue weighted by atomic mass is 9.99. The quantitative estimate of drug-likeness (QED) is 0.692. The molecule has 0 aliphatic carbocycles. The van der Waals surface area contributed by atoms with E-state index in [1.165, 1.54) is 17.2 Å². The number of benzene rings is 2. The molecule has 1 aromatic heterocycles. The second-order valence-corrected chi connectivity index (χ2v) is 6.74. The van der Waals surface area contributed by atoms with Gasteiger partial charge in [-0.05, 0) is 29.7 Å². The van der Waals surface area contributed by atoms with Crippen LogP contribution in [0.3, 0.4) is 0 Å². The Kier molecular flexibility index (Phi) is 4.67. The Balaban J connectivity index is 1.53. The maximum atomic E-state index is 14.2. The molecule has 0 amide bonds. The largest absolute Gasteiger partial charge is 0.295 e. The van der Waals surface area contributed by atoms with Crippen LogP contribution in [0.5, 0.6) is 0 Å². The molecular weight excluding hydrogens is 325 g/mol. The summed E-state index contributed by atoms with van der Waals surface area (Å²) in [6, 6.07) is 17.4. The standard InChI is InChI=1S/C22H22FN3/c1-25-15-19(22(24-25)20-9-5-6-10-21(20)23)16-26-13-11-18(12-14-26)17-7-3-2-4-8-17/h2-11,15H,12-14,16H2,1H3. The maximum absolute atomic E-state index is 14.2. The van der Waals surface area contributed by atoms with Crippen LogP contribution in [0.4, 0.5) is 4.39 Å². The van der Waals surface area contributed by atoms with Crippen LogP contribution in [-0.2, 0) is 13.6 Å². The van der Waals surface area contributed by atoms with Gasteiger partial charge in [0.15, 0.2) is 0 Å². The van der Waals surface area contributed by atoms with Gasteiger partial charge in [-0.2, -0.15) is 5.10 Å². The topological polar surface area (TPSA) is 21.1 Å². The molecule has 0 saturated heterocycles. The first-order chi connectivity index (χ1) is 12.7. The molecule has 132 valence electrons. The smallest absolute Gasteiger partial charge is 0.132 e. The van der Waals surface area contributed by atoms with Gasteiger partial charge in [-0.1, -0.05) is 48.5 Å². The third-order valence-electron chi connectivity index (χ3n) is 4.87. The van der Waals surface area contributed by atoms with E-state index in [0.717, 1.165) is 37.3 Å². The van der Waals surface area contributed by atoms with E-state index >= 15 is 0 Å². The molecule has 0 atom stereocenters. The summed E-state index contributed by atoms with van der Waals surface area (Å²) in [7, 11) is 1.89. The molecule has 2 heterocycles. The molecule has 26 heavy (non-hydrogen) atoms. The fourth-order valence-corrected chi connectivity index (χ4v) is 3.54. The highest BCUT2D eigenvalue weighted by Crippen LogP contribution is 2.27. The minimum Gasteiger partial charge on any atom is -0.295 e. The van der Waals surface area contributed by atoms with Gasteiger partial charge in [0.25, 0.3) is 0 Å². The van der Waals surface area contributed by atoms with E-state index in [1.807, 2.05) is 25.4 Å². The van der Waals surface area contributed by atoms with Crippen LogP contribution >= 0.6 is 0 Å². The number of aromatic nitrogens is 2. The summed E-state index contributed by atoms with van der Waals surface area (Å²) in [6.45, 7) is 2.66. The van der Waals surface area contributed by atoms with Gasteiger partial charge < -0.3 is 0 Å². The predicted molar refractivity (Wildman–Crippen MR) is 103 cm³/mol. The van der Waals surface area contributed by atoms with Crippen LogP contribution in [0.2, 0.25) is 0 Å². The van der Waals surface area contributed by atoms with Crippen LogP contribution in [0.15, 0.2) is 66.9 Å². The van der Waals surface area contributed by atoms with Crippen molar-refractivity contribution in [1.29, 1.82) is 0 Å². The van der Waals surface area contributed by atoms with Crippen molar-refractivity contribution in [2.45, 2.75) is 13.0 Å². The summed E-state index contributed by atoms with van der Waals surface area (Å²) in [6.07, 6.45) is 5.33. The summed E-state index contributed by atoms with van der Waals surface area (Å²) in [5.74, 6) is -0.225. The van der Waals surface area contributed by atoms with Gasteiger partial charge >= 0.3 is 0 Å². The van der Waals surface area contributed by atoms with Crippen molar-refractivity contribution in [3.05, 3.63) is 83.8 Å². The first-order valence-electron chi connectivity index (χ1n) is 8.95. The second-order valence-electron chi connectivity index (χ2n) is 6.74. The Labute approximate surface area is 153 Å². The SMILES string of the molecule is Cn1cc(CN2CC=C(c3ccccc3)CC2)c(-c2ccccc2F)n1. The van der Waals surface area contributed by atoms with Crippen molar-refractivity contribution in [1.82, 2.24) is 14.7 Å². The summed E-state index contributed by atoms with van der Waals surface area (Å²) < 4.78 is 16.0. The molecule has 2 aromatic carbocycles. The zero-order chi connectivity index (χ0) is 17.9. The number of halogens is 1. The molecule has 0 spiro atoms. The Morgan fingerprint density at radius 1 is 1.04 bits per heavy atom. The van der Waals surface area contributed by atoms with Gasteiger partial charge in [0.05, 0.1) is 5.69 Å². The molecule has 0 unspecified atom stereocenters. The molecule has 0 saturated carbocycles. The molecule has 1 aliphatic heterocycles. The van der Waals surface area contributed by atoms with E-state index in [0.29, 0.717) is 5.56 Å². The highest BCUT2D eigenvalue weighted by atomic mass is 19.1. The molecule has 0 N–H and O–H groups in total. The zero-order valence-corrected chi connectivity index (χ0v) is 14.9. The molecule has 4 heteroatoms. The van der Waals surface area contributed by atoms with E-state index in [9.17, 15) is 4.39 Å². The van der Waals surface area contributed by atoms with E-state index in [2.05, 4.69) is 40.3 Å². The van der Waals surface area contributed by atoms with Crippen LogP contribution in [-0.4, -0.2) is 27.8 Å². The molecule has 0 bridgehead atoms. The van der Waals surface area contributed by atoms with Crippen LogP contribution in [0.25, 0.3) is 16.8 Å². The van der Waals surface area contributed by atoms with E-state index in [1.54, 1.807) is 16.8 Å². The monoisotopic (exact) mass is 347 g/mol. The predicted octanol–water partition coefficient (Wildman–Crippen LogP) is 4.52. The summed E-state index contributed by atoms with van der Waals surface area (Å²) in [5, 5.41) is 4.50. The minimum atomic E-state index is -0.225. The highest BCUT2D eigenvalue weighted by molar-refractivity contribution is 5.66. The first-order valence-corrected chi connectivity index (χ1v) is 8.95. The fourth-order valence-electron chi connectivity index (χ4n) is 3.54. The third kappa shape index (κ3) is 3.46. The van der Waals surface area contributed by atoms with Crippen molar-refractivity contribution < 1.29 is 4.39 Å². The fraction of sp³-hybridized carbons (Fsp3) is 0.227. The molecule has 0 radical (unpaired) electrons. The zero-order valence-electron chi connectivity index (χ0n) is 14.9. The van der Waals surface area contributed by atoms with E-state index < -0.39 is 0 Å². The third-order valence-corrected chi connectivity index (χ3v) is 4.87. The molecule has 1 aliphatic rings. The van der Waals surface area contributed by atoms with Crippen molar-refractivity contribution in [3.8, 4) is 11.3 Å². The second kappa shape index (κ2) is 7.26. The van der Waals surface area contributed by atoms with Gasteiger partial charge in [0.2, 0.25) is 0 Å². The number of hydrogen-bond donors (Lipinski definition) is 0. The van der Waals surface area contributed by atoms with Crippen LogP contribution in [0, 0.1) is 5.82 Å². The Hall–Kier alpha value is -2.72. The van der Waals surface area contributed by atoms with E-state index in [4.69, 9.17) is 0 Å². The first kappa shape index (κ1) is 16.7. The molecular formula is C22H22FN3. The summed E-state index contributed by atoms with van der Waals surface area (Å²) in [4.78, 5) is 2.38. The number of rotatable bonds is 4. The Morgan fingerprint density at radius 2 is 1.81 bits per heavy atom. The minimum absolute atomic E-state index is 0.225. The molecule has 3 aromatic rings. The van der Waals surface area contributed by atoms with Gasteiger partial charge in [-0.25, -0.2) is 4.39 Å². The van der Waals surface area contributed by atoms with Crippen LogP contribution < -0.4 is 0 Å². The van der Waals surface area contributed by atoms with Gasteiger partial charge in [0, 0.05) is 44.0 Å². The average molecular weight is 347 g/mol. The lowest BCUT2D eigenvalue weighted by Crippen LogP contribution is -2.28. The number of hydrogen-bond acceptors (Lipinski definition) is 2. The maximum Gasteiger partial charge on any atom is 0.132 e. The normalized spacial score (nSPS) is 15.1. The van der Waals surface area contributed by atoms with Crippen molar-refractivity contribution in [2.75, 3.05) is 13.1 Å². The van der Waals surface area contributed by atoms with Crippen LogP contribution in [0.1, 0.15) is 17.5 Å². The summed E-state index contributed by atoms with van der Waals surface area (Å²) in [5.41, 5.74) is 5.08. The van der Waals surface area contributed by atoms with Crippen molar-refractivity contribution in [2.24, 2.45) is 7.05 Å². The Bertz CT molecular complexity index is 928. The van der Waals surface area contributed by atoms with Crippen molar-refractivity contribution >= 4 is 5.57 Å². The Morgan fingerprint density at radius 3 is 2.54 bits per heavy atom. The lowest BCUT2D eigenvalue weighted by molar-refractivity contribution is 0.294. The molecule has 3 nitrogen and oxygen atoms in total. The lowest BCUT2D eigenvalue weighted by Gasteiger charge is -2.26. The van der Waals surface area contributed by atoms with Gasteiger partial charge in [0.1, 0.15) is 5.82 Å². The average Bonchev–Trinajstić information content (AvgIpc) is 3.03. The van der Waals surface area contributed by atoms with E-state index in [-0.39, 0.29) is 5.82 Å². The van der Waals surface area contributed by atoms with Gasteiger partial charge in [-0.3, -0.25) is 9.58 Å². The number of nitrogens with zero attached hydrogens (tertiary/aromatic N) is 3. The highest BCUT2D eigenvalue weighted by Gasteiger charge is 2.18.